The molecule has 5 heteroatoms. The largest absolute Gasteiger partial charge is 0.479 e. The zero-order valence-corrected chi connectivity index (χ0v) is 9.12. The second-order valence-corrected chi connectivity index (χ2v) is 3.84. The number of anilines is 1. The summed E-state index contributed by atoms with van der Waals surface area (Å²) in [5.41, 5.74) is -1.01. The molecule has 0 aliphatic heterocycles. The van der Waals surface area contributed by atoms with Crippen molar-refractivity contribution in [3.05, 3.63) is 29.6 Å². The average molecular weight is 227 g/mol. The maximum atomic E-state index is 13.1. The second kappa shape index (κ2) is 4.49. The molecule has 0 radical (unpaired) electrons. The molecule has 1 aromatic carbocycles. The highest BCUT2D eigenvalue weighted by Gasteiger charge is 2.29. The number of hydrogen-bond acceptors (Lipinski definition) is 3. The van der Waals surface area contributed by atoms with Crippen molar-refractivity contribution in [2.24, 2.45) is 0 Å². The molecule has 16 heavy (non-hydrogen) atoms. The van der Waals surface area contributed by atoms with Gasteiger partial charge in [0.1, 0.15) is 5.82 Å². The minimum Gasteiger partial charge on any atom is -0.479 e. The van der Waals surface area contributed by atoms with Gasteiger partial charge in [-0.05, 0) is 26.0 Å². The van der Waals surface area contributed by atoms with E-state index in [2.05, 4.69) is 5.32 Å². The third kappa shape index (κ3) is 2.70. The highest BCUT2D eigenvalue weighted by molar-refractivity contribution is 5.77. The minimum atomic E-state index is -1.88. The van der Waals surface area contributed by atoms with Gasteiger partial charge in [0.2, 0.25) is 0 Å². The molecule has 0 heterocycles. The third-order valence-electron chi connectivity index (χ3n) is 2.35. The average Bonchev–Trinajstić information content (AvgIpc) is 2.20. The summed E-state index contributed by atoms with van der Waals surface area (Å²) in [6.45, 7) is 2.57. The number of carboxylic acid groups (broad SMARTS) is 1. The first-order valence-electron chi connectivity index (χ1n) is 4.79. The zero-order valence-electron chi connectivity index (χ0n) is 9.12. The maximum Gasteiger partial charge on any atom is 0.337 e. The van der Waals surface area contributed by atoms with E-state index in [1.165, 1.54) is 19.1 Å². The normalized spacial score (nSPS) is 14.2. The van der Waals surface area contributed by atoms with Gasteiger partial charge < -0.3 is 15.5 Å². The van der Waals surface area contributed by atoms with E-state index in [1.54, 1.807) is 13.0 Å². The van der Waals surface area contributed by atoms with Crippen LogP contribution >= 0.6 is 0 Å². The standard InChI is InChI=1S/C11H14FNO3/c1-7-8(12)4-3-5-9(7)13-6-11(2,16)10(14)15/h3-5,13,16H,6H2,1-2H3,(H,14,15). The Balaban J connectivity index is 2.76. The van der Waals surface area contributed by atoms with Crippen molar-refractivity contribution >= 4 is 11.7 Å². The quantitative estimate of drug-likeness (QED) is 0.726. The van der Waals surface area contributed by atoms with Crippen LogP contribution in [-0.2, 0) is 4.79 Å². The van der Waals surface area contributed by atoms with Gasteiger partial charge in [-0.2, -0.15) is 0 Å². The van der Waals surface area contributed by atoms with E-state index in [1.807, 2.05) is 0 Å². The summed E-state index contributed by atoms with van der Waals surface area (Å²) in [6.07, 6.45) is 0. The fraction of sp³-hybridized carbons (Fsp3) is 0.364. The van der Waals surface area contributed by atoms with Crippen LogP contribution in [0.25, 0.3) is 0 Å². The van der Waals surface area contributed by atoms with Gasteiger partial charge in [0.25, 0.3) is 0 Å². The highest BCUT2D eigenvalue weighted by Crippen LogP contribution is 2.18. The van der Waals surface area contributed by atoms with Crippen molar-refractivity contribution in [3.8, 4) is 0 Å². The van der Waals surface area contributed by atoms with Gasteiger partial charge in [-0.15, -0.1) is 0 Å². The molecule has 3 N–H and O–H groups in total. The monoisotopic (exact) mass is 227 g/mol. The number of carboxylic acids is 1. The van der Waals surface area contributed by atoms with Gasteiger partial charge >= 0.3 is 5.97 Å². The smallest absolute Gasteiger partial charge is 0.337 e. The van der Waals surface area contributed by atoms with E-state index >= 15 is 0 Å². The first-order valence-corrected chi connectivity index (χ1v) is 4.79. The summed E-state index contributed by atoms with van der Waals surface area (Å²) in [5.74, 6) is -1.70. The summed E-state index contributed by atoms with van der Waals surface area (Å²) < 4.78 is 13.1. The summed E-state index contributed by atoms with van der Waals surface area (Å²) in [5, 5.41) is 20.8. The van der Waals surface area contributed by atoms with E-state index in [9.17, 15) is 14.3 Å². The number of rotatable bonds is 4. The van der Waals surface area contributed by atoms with Crippen molar-refractivity contribution in [1.29, 1.82) is 0 Å². The fourth-order valence-electron chi connectivity index (χ4n) is 1.14. The van der Waals surface area contributed by atoms with E-state index in [-0.39, 0.29) is 12.4 Å². The Morgan fingerprint density at radius 1 is 1.56 bits per heavy atom. The number of aliphatic hydroxyl groups is 1. The number of halogens is 1. The molecule has 4 nitrogen and oxygen atoms in total. The summed E-state index contributed by atoms with van der Waals surface area (Å²) >= 11 is 0. The zero-order chi connectivity index (χ0) is 12.3. The Bertz CT molecular complexity index is 404. The first kappa shape index (κ1) is 12.4. The number of carbonyl (C=O) groups is 1. The fourth-order valence-corrected chi connectivity index (χ4v) is 1.14. The van der Waals surface area contributed by atoms with E-state index in [4.69, 9.17) is 5.11 Å². The lowest BCUT2D eigenvalue weighted by Gasteiger charge is -2.20. The Labute approximate surface area is 92.7 Å². The van der Waals surface area contributed by atoms with Crippen molar-refractivity contribution < 1.29 is 19.4 Å². The molecule has 0 aliphatic rings. The summed E-state index contributed by atoms with van der Waals surface area (Å²) in [4.78, 5) is 10.6. The van der Waals surface area contributed by atoms with Gasteiger partial charge in [-0.3, -0.25) is 0 Å². The number of benzene rings is 1. The lowest BCUT2D eigenvalue weighted by Crippen LogP contribution is -2.41. The molecule has 88 valence electrons. The molecule has 0 fully saturated rings. The molecule has 0 amide bonds. The number of nitrogens with one attached hydrogen (secondary N) is 1. The van der Waals surface area contributed by atoms with Crippen molar-refractivity contribution in [3.63, 3.8) is 0 Å². The third-order valence-corrected chi connectivity index (χ3v) is 2.35. The molecular formula is C11H14FNO3. The topological polar surface area (TPSA) is 69.6 Å². The van der Waals surface area contributed by atoms with Gasteiger partial charge in [-0.1, -0.05) is 6.07 Å². The van der Waals surface area contributed by atoms with Gasteiger partial charge in [0.05, 0.1) is 6.54 Å². The molecule has 0 saturated carbocycles. The SMILES string of the molecule is Cc1c(F)cccc1NCC(C)(O)C(=O)O. The maximum absolute atomic E-state index is 13.1. The molecule has 0 aliphatic carbocycles. The predicted octanol–water partition coefficient (Wildman–Crippen LogP) is 1.38. The van der Waals surface area contributed by atoms with E-state index in [0.29, 0.717) is 11.3 Å². The number of aliphatic carboxylic acids is 1. The molecule has 1 unspecified atom stereocenters. The number of hydrogen-bond donors (Lipinski definition) is 3. The summed E-state index contributed by atoms with van der Waals surface area (Å²) in [6, 6.07) is 4.45. The second-order valence-electron chi connectivity index (χ2n) is 3.84. The predicted molar refractivity (Wildman–Crippen MR) is 57.9 cm³/mol. The van der Waals surface area contributed by atoms with E-state index in [0.717, 1.165) is 0 Å². The Kier molecular flexibility index (Phi) is 3.49. The van der Waals surface area contributed by atoms with Gasteiger partial charge in [0, 0.05) is 11.3 Å². The van der Waals surface area contributed by atoms with Gasteiger partial charge in [0.15, 0.2) is 5.60 Å². The van der Waals surface area contributed by atoms with Crippen LogP contribution in [0.3, 0.4) is 0 Å². The molecular weight excluding hydrogens is 213 g/mol. The van der Waals surface area contributed by atoms with Crippen molar-refractivity contribution in [1.82, 2.24) is 0 Å². The molecule has 1 rings (SSSR count). The summed E-state index contributed by atoms with van der Waals surface area (Å²) in [7, 11) is 0. The van der Waals surface area contributed by atoms with Crippen LogP contribution in [0.1, 0.15) is 12.5 Å². The molecule has 0 saturated heterocycles. The molecule has 1 atom stereocenters. The Hall–Kier alpha value is -1.62. The first-order chi connectivity index (χ1) is 7.34. The molecule has 1 aromatic rings. The van der Waals surface area contributed by atoms with Crippen LogP contribution in [0.2, 0.25) is 0 Å². The van der Waals surface area contributed by atoms with Crippen molar-refractivity contribution in [2.45, 2.75) is 19.4 Å². The van der Waals surface area contributed by atoms with Crippen molar-refractivity contribution in [2.75, 3.05) is 11.9 Å². The molecule has 0 spiro atoms. The van der Waals surface area contributed by atoms with E-state index < -0.39 is 11.6 Å². The lowest BCUT2D eigenvalue weighted by atomic mass is 10.1. The van der Waals surface area contributed by atoms with Crippen LogP contribution in [0, 0.1) is 12.7 Å². The molecule has 0 aromatic heterocycles. The Morgan fingerprint density at radius 2 is 2.19 bits per heavy atom. The van der Waals surface area contributed by atoms with Gasteiger partial charge in [-0.25, -0.2) is 9.18 Å². The Morgan fingerprint density at radius 3 is 2.75 bits per heavy atom. The minimum absolute atomic E-state index is 0.188. The van der Waals surface area contributed by atoms with Crippen LogP contribution in [0.15, 0.2) is 18.2 Å². The van der Waals surface area contributed by atoms with Crippen LogP contribution in [-0.4, -0.2) is 28.3 Å². The van der Waals surface area contributed by atoms with Crippen LogP contribution < -0.4 is 5.32 Å². The van der Waals surface area contributed by atoms with Crippen LogP contribution in [0.4, 0.5) is 10.1 Å². The lowest BCUT2D eigenvalue weighted by molar-refractivity contribution is -0.155. The highest BCUT2D eigenvalue weighted by atomic mass is 19.1. The van der Waals surface area contributed by atoms with Crippen LogP contribution in [0.5, 0.6) is 0 Å². The molecule has 0 bridgehead atoms.